The molecule has 4 amide bonds. The lowest BCUT2D eigenvalue weighted by atomic mass is 9.58. The molecule has 2 heterocycles. The van der Waals surface area contributed by atoms with Gasteiger partial charge in [-0.3, -0.25) is 29.0 Å². The van der Waals surface area contributed by atoms with E-state index in [1.54, 1.807) is 30.3 Å². The quantitative estimate of drug-likeness (QED) is 0.134. The topological polar surface area (TPSA) is 185 Å². The zero-order chi connectivity index (χ0) is 34.7. The molecule has 3 fully saturated rings. The van der Waals surface area contributed by atoms with Gasteiger partial charge in [0.25, 0.3) is 0 Å². The molecule has 12 nitrogen and oxygen atoms in total. The van der Waals surface area contributed by atoms with Gasteiger partial charge in [-0.25, -0.2) is 0 Å². The van der Waals surface area contributed by atoms with Crippen LogP contribution in [0.2, 0.25) is 0 Å². The molecule has 0 radical (unpaired) electrons. The lowest BCUT2D eigenvalue weighted by molar-refractivity contribution is -0.126. The Morgan fingerprint density at radius 1 is 0.735 bits per heavy atom. The number of amides is 4. The van der Waals surface area contributed by atoms with Crippen LogP contribution in [0.4, 0.5) is 11.4 Å². The highest BCUT2D eigenvalue weighted by atomic mass is 16.5. The van der Waals surface area contributed by atoms with E-state index in [0.29, 0.717) is 5.56 Å². The van der Waals surface area contributed by atoms with Crippen LogP contribution in [0, 0.1) is 35.5 Å². The SMILES string of the molecule is COc1cc(C=CC2C3=CCC4C(=O)N(c5cccc(B(O)O)c5)C(=O)C4C3CC3C(=O)N(c4cccc(B(O)O)c4)C(=O)C23)ccc1O. The molecule has 3 aromatic carbocycles. The molecule has 7 rings (SSSR count). The molecule has 49 heavy (non-hydrogen) atoms. The van der Waals surface area contributed by atoms with Crippen LogP contribution in [0.1, 0.15) is 18.4 Å². The molecule has 5 N–H and O–H groups in total. The molecule has 248 valence electrons. The predicted molar refractivity (Wildman–Crippen MR) is 179 cm³/mol. The first-order valence-corrected chi connectivity index (χ1v) is 15.9. The fraction of sp³-hybridized carbons (Fsp3) is 0.257. The van der Waals surface area contributed by atoms with Crippen LogP contribution in [-0.2, 0) is 19.2 Å². The Kier molecular flexibility index (Phi) is 8.27. The summed E-state index contributed by atoms with van der Waals surface area (Å²) in [6.07, 6.45) is 5.86. The van der Waals surface area contributed by atoms with Gasteiger partial charge in [-0.1, -0.05) is 54.1 Å². The van der Waals surface area contributed by atoms with Gasteiger partial charge in [0.15, 0.2) is 11.5 Å². The summed E-state index contributed by atoms with van der Waals surface area (Å²) >= 11 is 0. The first kappa shape index (κ1) is 32.5. The van der Waals surface area contributed by atoms with Crippen LogP contribution in [-0.4, -0.2) is 70.2 Å². The van der Waals surface area contributed by atoms with E-state index < -0.39 is 73.4 Å². The highest BCUT2D eigenvalue weighted by Crippen LogP contribution is 2.56. The third kappa shape index (κ3) is 5.37. The van der Waals surface area contributed by atoms with Gasteiger partial charge in [-0.05, 0) is 71.6 Å². The number of carbonyl (C=O) groups is 4. The Bertz CT molecular complexity index is 1940. The maximum Gasteiger partial charge on any atom is 0.488 e. The Morgan fingerprint density at radius 2 is 1.33 bits per heavy atom. The van der Waals surface area contributed by atoms with E-state index >= 15 is 0 Å². The van der Waals surface area contributed by atoms with Crippen molar-refractivity contribution in [3.63, 3.8) is 0 Å². The van der Waals surface area contributed by atoms with Crippen molar-refractivity contribution in [1.82, 2.24) is 0 Å². The van der Waals surface area contributed by atoms with Gasteiger partial charge >= 0.3 is 14.2 Å². The molecule has 2 aliphatic heterocycles. The maximum atomic E-state index is 14.2. The maximum absolute atomic E-state index is 14.2. The summed E-state index contributed by atoms with van der Waals surface area (Å²) in [5.74, 6) is -6.02. The van der Waals surface area contributed by atoms with E-state index in [1.165, 1.54) is 49.6 Å². The molecule has 0 aromatic heterocycles. The fourth-order valence-electron chi connectivity index (χ4n) is 8.02. The normalized spacial score (nSPS) is 26.1. The van der Waals surface area contributed by atoms with E-state index in [2.05, 4.69) is 0 Å². The number of rotatable bonds is 7. The molecule has 2 saturated heterocycles. The van der Waals surface area contributed by atoms with Crippen LogP contribution in [0.25, 0.3) is 6.08 Å². The fourth-order valence-corrected chi connectivity index (χ4v) is 8.02. The van der Waals surface area contributed by atoms with Crippen molar-refractivity contribution in [2.45, 2.75) is 12.8 Å². The van der Waals surface area contributed by atoms with Gasteiger partial charge in [0.2, 0.25) is 23.6 Å². The standard InChI is InChI=1S/C35H32B2N2O10/c1-49-29-14-18(9-13-28(29)40)8-10-24-23-11-12-25-31(35(44)38(32(25)41)21-6-2-4-19(15-21)36(45)46)26(23)17-27-30(24)34(43)39(33(27)42)22-7-3-5-20(16-22)37(47)48/h2-11,13-16,24-27,30-31,40,45-48H,12,17H2,1H3. The number of benzene rings is 3. The molecule has 3 aromatic rings. The molecule has 1 saturated carbocycles. The van der Waals surface area contributed by atoms with Crippen LogP contribution >= 0.6 is 0 Å². The minimum atomic E-state index is -1.81. The Balaban J connectivity index is 1.29. The Morgan fingerprint density at radius 3 is 1.92 bits per heavy atom. The third-order valence-electron chi connectivity index (χ3n) is 10.3. The monoisotopic (exact) mass is 662 g/mol. The summed E-state index contributed by atoms with van der Waals surface area (Å²) in [5.41, 5.74) is 2.07. The van der Waals surface area contributed by atoms with Crippen LogP contribution in [0.3, 0.4) is 0 Å². The Labute approximate surface area is 281 Å². The second-order valence-corrected chi connectivity index (χ2v) is 12.8. The lowest BCUT2D eigenvalue weighted by Crippen LogP contribution is -2.43. The first-order chi connectivity index (χ1) is 23.5. The van der Waals surface area contributed by atoms with Gasteiger partial charge in [0.1, 0.15) is 0 Å². The van der Waals surface area contributed by atoms with Crippen molar-refractivity contribution in [3.8, 4) is 11.5 Å². The summed E-state index contributed by atoms with van der Waals surface area (Å²) in [6, 6.07) is 16.6. The molecule has 4 aliphatic rings. The highest BCUT2D eigenvalue weighted by Gasteiger charge is 2.61. The van der Waals surface area contributed by atoms with Crippen LogP contribution in [0.15, 0.2) is 84.5 Å². The van der Waals surface area contributed by atoms with Crippen molar-refractivity contribution in [1.29, 1.82) is 0 Å². The van der Waals surface area contributed by atoms with E-state index in [9.17, 15) is 44.4 Å². The summed E-state index contributed by atoms with van der Waals surface area (Å²) in [5, 5.41) is 49.0. The number of phenols is 1. The highest BCUT2D eigenvalue weighted by molar-refractivity contribution is 6.59. The number of hydrogen-bond donors (Lipinski definition) is 5. The number of methoxy groups -OCH3 is 1. The van der Waals surface area contributed by atoms with Gasteiger partial charge in [0.05, 0.1) is 42.2 Å². The van der Waals surface area contributed by atoms with Gasteiger partial charge < -0.3 is 29.9 Å². The number of imide groups is 2. The largest absolute Gasteiger partial charge is 0.504 e. The number of fused-ring (bicyclic) bond motifs is 4. The molecule has 6 atom stereocenters. The van der Waals surface area contributed by atoms with Crippen molar-refractivity contribution in [2.75, 3.05) is 16.9 Å². The summed E-state index contributed by atoms with van der Waals surface area (Å²) in [4.78, 5) is 58.5. The van der Waals surface area contributed by atoms with Crippen LogP contribution < -0.4 is 25.5 Å². The van der Waals surface area contributed by atoms with E-state index in [-0.39, 0.29) is 46.6 Å². The molecule has 2 aliphatic carbocycles. The molecule has 6 unspecified atom stereocenters. The average molecular weight is 662 g/mol. The molecule has 0 bridgehead atoms. The molecule has 0 spiro atoms. The molecular formula is C35H32B2N2O10. The van der Waals surface area contributed by atoms with Gasteiger partial charge in [-0.15, -0.1) is 0 Å². The van der Waals surface area contributed by atoms with Gasteiger partial charge in [0, 0.05) is 5.92 Å². The molecule has 14 heteroatoms. The van der Waals surface area contributed by atoms with Crippen molar-refractivity contribution < 1.29 is 49.1 Å². The lowest BCUT2D eigenvalue weighted by Gasteiger charge is -2.42. The summed E-state index contributed by atoms with van der Waals surface area (Å²) < 4.78 is 5.25. The zero-order valence-electron chi connectivity index (χ0n) is 26.3. The smallest absolute Gasteiger partial charge is 0.488 e. The summed E-state index contributed by atoms with van der Waals surface area (Å²) in [6.45, 7) is 0. The number of anilines is 2. The van der Waals surface area contributed by atoms with Gasteiger partial charge in [-0.2, -0.15) is 0 Å². The minimum absolute atomic E-state index is 0.0473. The first-order valence-electron chi connectivity index (χ1n) is 15.9. The number of carbonyl (C=O) groups excluding carboxylic acids is 4. The van der Waals surface area contributed by atoms with Crippen LogP contribution in [0.5, 0.6) is 11.5 Å². The minimum Gasteiger partial charge on any atom is -0.504 e. The number of hydrogen-bond acceptors (Lipinski definition) is 10. The zero-order valence-corrected chi connectivity index (χ0v) is 26.3. The second-order valence-electron chi connectivity index (χ2n) is 12.8. The molecular weight excluding hydrogens is 630 g/mol. The number of allylic oxidation sites excluding steroid dienone is 3. The van der Waals surface area contributed by atoms with Crippen molar-refractivity contribution in [2.24, 2.45) is 35.5 Å². The second kappa shape index (κ2) is 12.5. The Hall–Kier alpha value is -5.01. The third-order valence-corrected chi connectivity index (χ3v) is 10.3. The predicted octanol–water partition coefficient (Wildman–Crippen LogP) is 0.351. The number of aromatic hydroxyl groups is 1. The van der Waals surface area contributed by atoms with Crippen molar-refractivity contribution >= 4 is 66.2 Å². The summed E-state index contributed by atoms with van der Waals surface area (Å²) in [7, 11) is -2.18. The van der Waals surface area contributed by atoms with E-state index in [1.807, 2.05) is 12.2 Å². The average Bonchev–Trinajstić information content (AvgIpc) is 3.50. The number of ether oxygens (including phenoxy) is 1. The van der Waals surface area contributed by atoms with E-state index in [0.717, 1.165) is 15.4 Å². The van der Waals surface area contributed by atoms with Crippen molar-refractivity contribution in [3.05, 3.63) is 90.0 Å². The number of phenolic OH excluding ortho intramolecular Hbond substituents is 1. The number of nitrogens with zero attached hydrogens (tertiary/aromatic N) is 2. The van der Waals surface area contributed by atoms with E-state index in [4.69, 9.17) is 4.74 Å².